The molecular formula is C20H22I2N2O. The number of likely N-dealkylation sites (tertiary alicyclic amines) is 1. The number of halogens is 2. The first kappa shape index (κ1) is 18.0. The Balaban J connectivity index is 1.69. The van der Waals surface area contributed by atoms with Crippen LogP contribution in [0.15, 0.2) is 36.4 Å². The third kappa shape index (κ3) is 3.84. The lowest BCUT2D eigenvalue weighted by Gasteiger charge is -2.28. The van der Waals surface area contributed by atoms with Crippen molar-refractivity contribution >= 4 is 67.0 Å². The molecule has 0 radical (unpaired) electrons. The number of piperidine rings is 1. The number of hydrogen-bond donors (Lipinski definition) is 1. The number of β-amino-alcohol motifs (C(OH)–C–C–N with tert-alkyl or cyclic N) is 1. The van der Waals surface area contributed by atoms with Gasteiger partial charge < -0.3 is 14.6 Å². The number of aliphatic hydroxyl groups excluding tert-OH is 1. The highest BCUT2D eigenvalue weighted by atomic mass is 127. The summed E-state index contributed by atoms with van der Waals surface area (Å²) in [5, 5.41) is 13.3. The van der Waals surface area contributed by atoms with Gasteiger partial charge in [-0.2, -0.15) is 0 Å². The summed E-state index contributed by atoms with van der Waals surface area (Å²) >= 11 is 4.75. The molecule has 3 nitrogen and oxygen atoms in total. The number of fused-ring (bicyclic) bond motifs is 3. The van der Waals surface area contributed by atoms with Crippen molar-refractivity contribution in [2.75, 3.05) is 19.6 Å². The molecule has 0 spiro atoms. The number of aliphatic hydroxyl groups is 1. The number of aromatic nitrogens is 1. The topological polar surface area (TPSA) is 28.4 Å². The monoisotopic (exact) mass is 560 g/mol. The van der Waals surface area contributed by atoms with Crippen LogP contribution < -0.4 is 0 Å². The Labute approximate surface area is 175 Å². The quantitative estimate of drug-likeness (QED) is 0.463. The molecule has 1 aliphatic heterocycles. The van der Waals surface area contributed by atoms with Crippen molar-refractivity contribution in [2.24, 2.45) is 0 Å². The van der Waals surface area contributed by atoms with Gasteiger partial charge in [0.15, 0.2) is 0 Å². The average molecular weight is 560 g/mol. The third-order valence-electron chi connectivity index (χ3n) is 5.10. The molecule has 1 unspecified atom stereocenters. The molecule has 0 amide bonds. The van der Waals surface area contributed by atoms with E-state index in [-0.39, 0.29) is 6.10 Å². The van der Waals surface area contributed by atoms with Gasteiger partial charge in [-0.25, -0.2) is 0 Å². The number of nitrogens with zero attached hydrogens (tertiary/aromatic N) is 2. The van der Waals surface area contributed by atoms with Crippen LogP contribution in [-0.2, 0) is 6.54 Å². The van der Waals surface area contributed by atoms with Gasteiger partial charge in [-0.15, -0.1) is 0 Å². The van der Waals surface area contributed by atoms with E-state index in [9.17, 15) is 5.11 Å². The van der Waals surface area contributed by atoms with E-state index in [1.165, 1.54) is 48.2 Å². The maximum absolute atomic E-state index is 10.7. The maximum Gasteiger partial charge on any atom is 0.0845 e. The fraction of sp³-hybridized carbons (Fsp3) is 0.400. The van der Waals surface area contributed by atoms with Gasteiger partial charge in [-0.1, -0.05) is 6.42 Å². The van der Waals surface area contributed by atoms with Gasteiger partial charge in [0.05, 0.1) is 12.6 Å². The molecule has 1 fully saturated rings. The van der Waals surface area contributed by atoms with Crippen molar-refractivity contribution in [1.29, 1.82) is 0 Å². The summed E-state index contributed by atoms with van der Waals surface area (Å²) in [6.07, 6.45) is 3.52. The van der Waals surface area contributed by atoms with E-state index < -0.39 is 0 Å². The van der Waals surface area contributed by atoms with Crippen LogP contribution in [-0.4, -0.2) is 40.3 Å². The van der Waals surface area contributed by atoms with Crippen molar-refractivity contribution < 1.29 is 5.11 Å². The van der Waals surface area contributed by atoms with Gasteiger partial charge in [0, 0.05) is 35.5 Å². The van der Waals surface area contributed by atoms with E-state index in [1.807, 2.05) is 0 Å². The molecule has 0 saturated carbocycles. The normalized spacial score (nSPS) is 17.4. The lowest BCUT2D eigenvalue weighted by atomic mass is 10.1. The van der Waals surface area contributed by atoms with Crippen molar-refractivity contribution in [3.63, 3.8) is 0 Å². The third-order valence-corrected chi connectivity index (χ3v) is 6.44. The molecule has 1 atom stereocenters. The van der Waals surface area contributed by atoms with E-state index in [0.29, 0.717) is 6.54 Å². The Morgan fingerprint density at radius 2 is 1.40 bits per heavy atom. The minimum atomic E-state index is -0.338. The number of rotatable bonds is 4. The van der Waals surface area contributed by atoms with E-state index in [1.54, 1.807) is 0 Å². The zero-order chi connectivity index (χ0) is 17.4. The molecule has 3 aromatic rings. The summed E-state index contributed by atoms with van der Waals surface area (Å²) in [4.78, 5) is 2.41. The Kier molecular flexibility index (Phi) is 5.54. The second kappa shape index (κ2) is 7.70. The minimum absolute atomic E-state index is 0.338. The molecule has 1 aromatic heterocycles. The predicted molar refractivity (Wildman–Crippen MR) is 121 cm³/mol. The molecule has 0 aliphatic carbocycles. The van der Waals surface area contributed by atoms with E-state index >= 15 is 0 Å². The zero-order valence-corrected chi connectivity index (χ0v) is 18.4. The molecule has 25 heavy (non-hydrogen) atoms. The molecule has 2 heterocycles. The molecule has 0 bridgehead atoms. The Hall–Kier alpha value is -0.380. The molecule has 2 aromatic carbocycles. The van der Waals surface area contributed by atoms with Crippen molar-refractivity contribution in [1.82, 2.24) is 9.47 Å². The maximum atomic E-state index is 10.7. The Morgan fingerprint density at radius 1 is 0.840 bits per heavy atom. The summed E-state index contributed by atoms with van der Waals surface area (Å²) < 4.78 is 4.79. The SMILES string of the molecule is OC(CN1CCCCC1)Cn1c2ccc(I)cc2c2cc(I)ccc21. The molecule has 5 heteroatoms. The summed E-state index contributed by atoms with van der Waals surface area (Å²) in [6, 6.07) is 13.2. The minimum Gasteiger partial charge on any atom is -0.390 e. The van der Waals surface area contributed by atoms with E-state index in [2.05, 4.69) is 91.0 Å². The zero-order valence-electron chi connectivity index (χ0n) is 14.1. The van der Waals surface area contributed by atoms with Crippen LogP contribution in [0.25, 0.3) is 21.8 Å². The van der Waals surface area contributed by atoms with Gasteiger partial charge >= 0.3 is 0 Å². The second-order valence-corrected chi connectivity index (χ2v) is 9.44. The standard InChI is InChI=1S/C20H22I2N2O/c21-14-4-6-19-17(10-14)18-11-15(22)5-7-20(18)24(19)13-16(25)12-23-8-2-1-3-9-23/h4-7,10-11,16,25H,1-3,8-9,12-13H2. The average Bonchev–Trinajstić information content (AvgIpc) is 2.88. The van der Waals surface area contributed by atoms with Crippen LogP contribution in [0.1, 0.15) is 19.3 Å². The second-order valence-electron chi connectivity index (χ2n) is 6.95. The first-order valence-corrected chi connectivity index (χ1v) is 11.0. The fourth-order valence-electron chi connectivity index (χ4n) is 3.95. The van der Waals surface area contributed by atoms with Gasteiger partial charge in [-0.3, -0.25) is 0 Å². The highest BCUT2D eigenvalue weighted by Gasteiger charge is 2.18. The lowest BCUT2D eigenvalue weighted by Crippen LogP contribution is -2.38. The lowest BCUT2D eigenvalue weighted by molar-refractivity contribution is 0.0900. The Bertz CT molecular complexity index is 840. The van der Waals surface area contributed by atoms with Crippen molar-refractivity contribution in [3.05, 3.63) is 43.5 Å². The highest BCUT2D eigenvalue weighted by molar-refractivity contribution is 14.1. The predicted octanol–water partition coefficient (Wildman–Crippen LogP) is 4.85. The van der Waals surface area contributed by atoms with E-state index in [4.69, 9.17) is 0 Å². The molecule has 4 rings (SSSR count). The molecular weight excluding hydrogens is 538 g/mol. The molecule has 1 N–H and O–H groups in total. The first-order valence-electron chi connectivity index (χ1n) is 8.89. The summed E-state index contributed by atoms with van der Waals surface area (Å²) in [5.41, 5.74) is 2.44. The van der Waals surface area contributed by atoms with Crippen LogP contribution in [0.4, 0.5) is 0 Å². The van der Waals surface area contributed by atoms with Crippen LogP contribution in [0.2, 0.25) is 0 Å². The van der Waals surface area contributed by atoms with E-state index in [0.717, 1.165) is 19.6 Å². The van der Waals surface area contributed by atoms with Crippen molar-refractivity contribution in [3.8, 4) is 0 Å². The van der Waals surface area contributed by atoms with Crippen LogP contribution >= 0.6 is 45.2 Å². The summed E-state index contributed by atoms with van der Waals surface area (Å²) in [7, 11) is 0. The smallest absolute Gasteiger partial charge is 0.0845 e. The summed E-state index contributed by atoms with van der Waals surface area (Å²) in [5.74, 6) is 0. The number of hydrogen-bond acceptors (Lipinski definition) is 2. The van der Waals surface area contributed by atoms with Crippen molar-refractivity contribution in [2.45, 2.75) is 31.9 Å². The summed E-state index contributed by atoms with van der Waals surface area (Å²) in [6.45, 7) is 3.68. The molecule has 1 saturated heterocycles. The van der Waals surface area contributed by atoms with Crippen LogP contribution in [0.3, 0.4) is 0 Å². The first-order chi connectivity index (χ1) is 12.1. The Morgan fingerprint density at radius 3 is 1.96 bits per heavy atom. The number of benzene rings is 2. The van der Waals surface area contributed by atoms with Gasteiger partial charge in [-0.05, 0) is 108 Å². The highest BCUT2D eigenvalue weighted by Crippen LogP contribution is 2.31. The molecule has 1 aliphatic rings. The van der Waals surface area contributed by atoms with Crippen LogP contribution in [0.5, 0.6) is 0 Å². The molecule has 132 valence electrons. The van der Waals surface area contributed by atoms with Crippen LogP contribution in [0, 0.1) is 7.14 Å². The van der Waals surface area contributed by atoms with Gasteiger partial charge in [0.2, 0.25) is 0 Å². The fourth-order valence-corrected chi connectivity index (χ4v) is 4.94. The largest absolute Gasteiger partial charge is 0.390 e. The van der Waals surface area contributed by atoms with Gasteiger partial charge in [0.1, 0.15) is 0 Å². The van der Waals surface area contributed by atoms with Gasteiger partial charge in [0.25, 0.3) is 0 Å².